The third kappa shape index (κ3) is 7.00. The fourth-order valence-electron chi connectivity index (χ4n) is 3.96. The number of aliphatic hydroxyl groups excluding tert-OH is 1. The van der Waals surface area contributed by atoms with Crippen LogP contribution in [0.4, 0.5) is 5.69 Å². The van der Waals surface area contributed by atoms with Crippen molar-refractivity contribution in [2.45, 2.75) is 46.1 Å². The zero-order valence-corrected chi connectivity index (χ0v) is 19.3. The largest absolute Gasteiger partial charge is 0.396 e. The van der Waals surface area contributed by atoms with Crippen LogP contribution in [-0.4, -0.2) is 43.9 Å². The Hall–Kier alpha value is -2.53. The van der Waals surface area contributed by atoms with Crippen molar-refractivity contribution < 1.29 is 5.11 Å². The van der Waals surface area contributed by atoms with Gasteiger partial charge in [-0.25, -0.2) is 4.99 Å². The maximum absolute atomic E-state index is 9.32. The number of aliphatic imine (C=N–C) groups is 1. The molecule has 0 aliphatic carbocycles. The summed E-state index contributed by atoms with van der Waals surface area (Å²) < 4.78 is 0. The number of benzene rings is 2. The molecule has 3 N–H and O–H groups in total. The number of hydrogen-bond donors (Lipinski definition) is 3. The summed E-state index contributed by atoms with van der Waals surface area (Å²) in [6.45, 7) is 11.2. The minimum Gasteiger partial charge on any atom is -0.396 e. The lowest BCUT2D eigenvalue weighted by atomic mass is 9.97. The van der Waals surface area contributed by atoms with Gasteiger partial charge < -0.3 is 20.6 Å². The first kappa shape index (κ1) is 23.1. The van der Waals surface area contributed by atoms with Crippen molar-refractivity contribution in [3.8, 4) is 0 Å². The molecule has 3 rings (SSSR count). The van der Waals surface area contributed by atoms with E-state index in [2.05, 4.69) is 84.8 Å². The molecule has 0 bridgehead atoms. The van der Waals surface area contributed by atoms with E-state index in [0.717, 1.165) is 45.0 Å². The van der Waals surface area contributed by atoms with E-state index in [-0.39, 0.29) is 0 Å². The third-order valence-corrected chi connectivity index (χ3v) is 6.16. The highest BCUT2D eigenvalue weighted by Crippen LogP contribution is 2.23. The molecular weight excluding hydrogens is 384 g/mol. The van der Waals surface area contributed by atoms with E-state index in [9.17, 15) is 5.11 Å². The van der Waals surface area contributed by atoms with Gasteiger partial charge in [0.15, 0.2) is 5.96 Å². The second kappa shape index (κ2) is 11.8. The lowest BCUT2D eigenvalue weighted by molar-refractivity contribution is 0.203. The van der Waals surface area contributed by atoms with Crippen LogP contribution in [0.25, 0.3) is 0 Å². The summed E-state index contributed by atoms with van der Waals surface area (Å²) >= 11 is 0. The Morgan fingerprint density at radius 2 is 1.74 bits per heavy atom. The highest BCUT2D eigenvalue weighted by Gasteiger charge is 2.18. The molecule has 1 fully saturated rings. The molecule has 2 aromatic rings. The third-order valence-electron chi connectivity index (χ3n) is 6.16. The van der Waals surface area contributed by atoms with Crippen molar-refractivity contribution in [3.05, 3.63) is 65.2 Å². The van der Waals surface area contributed by atoms with E-state index < -0.39 is 0 Å². The second-order valence-corrected chi connectivity index (χ2v) is 8.67. The number of anilines is 1. The molecule has 1 saturated heterocycles. The number of nitrogens with one attached hydrogen (secondary N) is 2. The zero-order valence-electron chi connectivity index (χ0n) is 19.3. The summed E-state index contributed by atoms with van der Waals surface area (Å²) in [6.07, 6.45) is 2.14. The lowest BCUT2D eigenvalue weighted by Crippen LogP contribution is -2.39. The maximum atomic E-state index is 9.32. The van der Waals surface area contributed by atoms with E-state index >= 15 is 0 Å². The lowest BCUT2D eigenvalue weighted by Gasteiger charge is -2.32. The molecule has 0 saturated carbocycles. The Morgan fingerprint density at radius 1 is 1.06 bits per heavy atom. The average Bonchev–Trinajstić information content (AvgIpc) is 2.81. The summed E-state index contributed by atoms with van der Waals surface area (Å²) in [5.41, 5.74) is 5.10. The number of rotatable bonds is 8. The van der Waals surface area contributed by atoms with Crippen molar-refractivity contribution in [3.63, 3.8) is 0 Å². The highest BCUT2D eigenvalue weighted by molar-refractivity contribution is 5.79. The first-order chi connectivity index (χ1) is 15.1. The van der Waals surface area contributed by atoms with Crippen molar-refractivity contribution in [2.24, 2.45) is 10.9 Å². The normalized spacial score (nSPS) is 16.3. The van der Waals surface area contributed by atoms with Gasteiger partial charge in [0.05, 0.1) is 6.54 Å². The van der Waals surface area contributed by atoms with E-state index in [0.29, 0.717) is 25.0 Å². The smallest absolute Gasteiger partial charge is 0.191 e. The number of nitrogens with zero attached hydrogens (tertiary/aromatic N) is 2. The van der Waals surface area contributed by atoms with Gasteiger partial charge in [-0.2, -0.15) is 0 Å². The van der Waals surface area contributed by atoms with Gasteiger partial charge in [0.25, 0.3) is 0 Å². The molecule has 1 heterocycles. The minimum absolute atomic E-state index is 0.316. The molecule has 0 aromatic heterocycles. The Bertz CT molecular complexity index is 808. The molecule has 31 heavy (non-hydrogen) atoms. The van der Waals surface area contributed by atoms with Crippen molar-refractivity contribution in [1.82, 2.24) is 10.6 Å². The SMILES string of the molecule is CCNC(=NCc1ccc(N2CCC(CO)CC2)cc1)NCC(C)c1ccc(C)cc1. The molecule has 2 aromatic carbocycles. The summed E-state index contributed by atoms with van der Waals surface area (Å²) in [7, 11) is 0. The van der Waals surface area contributed by atoms with Gasteiger partial charge in [-0.15, -0.1) is 0 Å². The van der Waals surface area contributed by atoms with E-state index in [1.807, 2.05) is 0 Å². The van der Waals surface area contributed by atoms with Gasteiger partial charge in [-0.05, 0) is 61.8 Å². The van der Waals surface area contributed by atoms with Crippen LogP contribution in [0.5, 0.6) is 0 Å². The van der Waals surface area contributed by atoms with Crippen LogP contribution in [0.3, 0.4) is 0 Å². The fraction of sp³-hybridized carbons (Fsp3) is 0.500. The molecule has 168 valence electrons. The van der Waals surface area contributed by atoms with Gasteiger partial charge in [-0.3, -0.25) is 0 Å². The van der Waals surface area contributed by atoms with E-state index in [1.165, 1.54) is 22.4 Å². The molecule has 5 nitrogen and oxygen atoms in total. The Kier molecular flexibility index (Phi) is 8.77. The van der Waals surface area contributed by atoms with Crippen LogP contribution in [0.15, 0.2) is 53.5 Å². The molecule has 5 heteroatoms. The van der Waals surface area contributed by atoms with E-state index in [1.54, 1.807) is 0 Å². The van der Waals surface area contributed by atoms with Gasteiger partial charge in [-0.1, -0.05) is 48.9 Å². The first-order valence-electron chi connectivity index (χ1n) is 11.6. The summed E-state index contributed by atoms with van der Waals surface area (Å²) in [6, 6.07) is 17.5. The number of aliphatic hydroxyl groups is 1. The molecule has 0 radical (unpaired) electrons. The number of guanidine groups is 1. The number of aryl methyl sites for hydroxylation is 1. The van der Waals surface area contributed by atoms with Crippen molar-refractivity contribution in [1.29, 1.82) is 0 Å². The predicted molar refractivity (Wildman–Crippen MR) is 131 cm³/mol. The second-order valence-electron chi connectivity index (χ2n) is 8.67. The van der Waals surface area contributed by atoms with Gasteiger partial charge in [0.1, 0.15) is 0 Å². The summed E-state index contributed by atoms with van der Waals surface area (Å²) in [5.74, 6) is 1.74. The van der Waals surface area contributed by atoms with Crippen LogP contribution in [0.1, 0.15) is 49.3 Å². The quantitative estimate of drug-likeness (QED) is 0.443. The molecular formula is C26H38N4O. The molecule has 0 spiro atoms. The van der Waals surface area contributed by atoms with Crippen LogP contribution in [0, 0.1) is 12.8 Å². The standard InChI is InChI=1S/C26H38N4O/c1-4-27-26(28-17-21(3)24-9-5-20(2)6-10-24)29-18-22-7-11-25(12-8-22)30-15-13-23(19-31)14-16-30/h5-12,21,23,31H,4,13-19H2,1-3H3,(H2,27,28,29). The predicted octanol–water partition coefficient (Wildman–Crippen LogP) is 4.06. The molecule has 1 aliphatic rings. The molecule has 1 aliphatic heterocycles. The first-order valence-corrected chi connectivity index (χ1v) is 11.6. The molecule has 1 atom stereocenters. The summed E-state index contributed by atoms with van der Waals surface area (Å²) in [5, 5.41) is 16.2. The van der Waals surface area contributed by atoms with Crippen LogP contribution in [0.2, 0.25) is 0 Å². The fourth-order valence-corrected chi connectivity index (χ4v) is 3.96. The van der Waals surface area contributed by atoms with E-state index in [4.69, 9.17) is 4.99 Å². The van der Waals surface area contributed by atoms with Gasteiger partial charge in [0, 0.05) is 38.5 Å². The van der Waals surface area contributed by atoms with Gasteiger partial charge >= 0.3 is 0 Å². The van der Waals surface area contributed by atoms with Crippen LogP contribution in [-0.2, 0) is 6.54 Å². The van der Waals surface area contributed by atoms with Gasteiger partial charge in [0.2, 0.25) is 0 Å². The summed E-state index contributed by atoms with van der Waals surface area (Å²) in [4.78, 5) is 7.19. The highest BCUT2D eigenvalue weighted by atomic mass is 16.3. The Labute approximate surface area is 187 Å². The molecule has 0 amide bonds. The zero-order chi connectivity index (χ0) is 22.1. The topological polar surface area (TPSA) is 59.9 Å². The van der Waals surface area contributed by atoms with Crippen LogP contribution < -0.4 is 15.5 Å². The van der Waals surface area contributed by atoms with Crippen LogP contribution >= 0.6 is 0 Å². The minimum atomic E-state index is 0.316. The number of piperidine rings is 1. The maximum Gasteiger partial charge on any atom is 0.191 e. The number of hydrogen-bond acceptors (Lipinski definition) is 3. The Balaban J connectivity index is 1.53. The monoisotopic (exact) mass is 422 g/mol. The average molecular weight is 423 g/mol. The van der Waals surface area contributed by atoms with Crippen molar-refractivity contribution in [2.75, 3.05) is 37.7 Å². The molecule has 1 unspecified atom stereocenters. The van der Waals surface area contributed by atoms with Crippen molar-refractivity contribution >= 4 is 11.6 Å². The Morgan fingerprint density at radius 3 is 2.35 bits per heavy atom.